The molecule has 0 bridgehead atoms. The monoisotopic (exact) mass is 300 g/mol. The average molecular weight is 301 g/mol. The lowest BCUT2D eigenvalue weighted by molar-refractivity contribution is 0.175. The highest BCUT2D eigenvalue weighted by Crippen LogP contribution is 2.22. The molecule has 0 radical (unpaired) electrons. The van der Waals surface area contributed by atoms with Gasteiger partial charge in [-0.3, -0.25) is 9.58 Å². The normalized spacial score (nSPS) is 19.1. The first-order valence-electron chi connectivity index (χ1n) is 7.44. The van der Waals surface area contributed by atoms with Gasteiger partial charge in [-0.15, -0.1) is 0 Å². The van der Waals surface area contributed by atoms with Gasteiger partial charge < -0.3 is 10.4 Å². The van der Waals surface area contributed by atoms with Gasteiger partial charge in [0.2, 0.25) is 0 Å². The first-order chi connectivity index (χ1) is 9.65. The summed E-state index contributed by atoms with van der Waals surface area (Å²) < 4.78 is 1.96. The number of nitrogens with one attached hydrogen (secondary N) is 1. The molecule has 0 aromatic carbocycles. The number of aliphatic hydroxyl groups is 1. The highest BCUT2D eigenvalue weighted by Gasteiger charge is 2.20. The molecule has 1 aromatic rings. The largest absolute Gasteiger partial charge is 0.395 e. The van der Waals surface area contributed by atoms with Crippen LogP contribution in [-0.2, 0) is 13.1 Å². The zero-order valence-electron chi connectivity index (χ0n) is 12.4. The van der Waals surface area contributed by atoms with E-state index in [0.717, 1.165) is 42.6 Å². The SMILES string of the molecule is CCn1nc(C)c(Cl)c1CN(CCO)CC1CCCN1. The second-order valence-electron chi connectivity index (χ2n) is 5.41. The molecule has 6 heteroatoms. The molecule has 1 aromatic heterocycles. The fourth-order valence-corrected chi connectivity index (χ4v) is 3.03. The third kappa shape index (κ3) is 3.73. The molecule has 0 aliphatic carbocycles. The van der Waals surface area contributed by atoms with Crippen LogP contribution >= 0.6 is 11.6 Å². The summed E-state index contributed by atoms with van der Waals surface area (Å²) in [4.78, 5) is 2.26. The summed E-state index contributed by atoms with van der Waals surface area (Å²) in [5.41, 5.74) is 1.93. The number of halogens is 1. The number of hydrogen-bond acceptors (Lipinski definition) is 4. The van der Waals surface area contributed by atoms with Gasteiger partial charge in [-0.2, -0.15) is 5.10 Å². The molecule has 2 heterocycles. The summed E-state index contributed by atoms with van der Waals surface area (Å²) in [6.07, 6.45) is 2.45. The molecule has 2 N–H and O–H groups in total. The Bertz CT molecular complexity index is 429. The lowest BCUT2D eigenvalue weighted by atomic mass is 10.2. The zero-order valence-corrected chi connectivity index (χ0v) is 13.2. The van der Waals surface area contributed by atoms with E-state index in [2.05, 4.69) is 22.2 Å². The third-order valence-electron chi connectivity index (χ3n) is 3.88. The number of aliphatic hydroxyl groups excluding tert-OH is 1. The maximum Gasteiger partial charge on any atom is 0.0860 e. The molecule has 1 fully saturated rings. The Kier molecular flexibility index (Phi) is 5.84. The quantitative estimate of drug-likeness (QED) is 0.799. The van der Waals surface area contributed by atoms with E-state index in [1.54, 1.807) is 0 Å². The van der Waals surface area contributed by atoms with Crippen molar-refractivity contribution in [2.75, 3.05) is 26.2 Å². The summed E-state index contributed by atoms with van der Waals surface area (Å²) in [5, 5.41) is 18.0. The second-order valence-corrected chi connectivity index (χ2v) is 5.79. The van der Waals surface area contributed by atoms with E-state index in [-0.39, 0.29) is 6.61 Å². The van der Waals surface area contributed by atoms with Gasteiger partial charge in [0.05, 0.1) is 23.0 Å². The summed E-state index contributed by atoms with van der Waals surface area (Å²) in [6.45, 7) is 8.46. The molecule has 5 nitrogen and oxygen atoms in total. The highest BCUT2D eigenvalue weighted by molar-refractivity contribution is 6.31. The predicted octanol–water partition coefficient (Wildman–Crippen LogP) is 1.41. The molecule has 1 saturated heterocycles. The minimum Gasteiger partial charge on any atom is -0.395 e. The number of nitrogens with zero attached hydrogens (tertiary/aromatic N) is 3. The van der Waals surface area contributed by atoms with E-state index >= 15 is 0 Å². The lowest BCUT2D eigenvalue weighted by Gasteiger charge is -2.25. The van der Waals surface area contributed by atoms with Crippen molar-refractivity contribution in [3.05, 3.63) is 16.4 Å². The van der Waals surface area contributed by atoms with Gasteiger partial charge in [0.25, 0.3) is 0 Å². The fraction of sp³-hybridized carbons (Fsp3) is 0.786. The molecule has 2 rings (SSSR count). The van der Waals surface area contributed by atoms with Crippen LogP contribution in [0.3, 0.4) is 0 Å². The first-order valence-corrected chi connectivity index (χ1v) is 7.81. The van der Waals surface area contributed by atoms with Crippen LogP contribution < -0.4 is 5.32 Å². The molecule has 114 valence electrons. The van der Waals surface area contributed by atoms with Crippen molar-refractivity contribution >= 4 is 11.6 Å². The van der Waals surface area contributed by atoms with Crippen molar-refractivity contribution < 1.29 is 5.11 Å². The van der Waals surface area contributed by atoms with Crippen molar-refractivity contribution in [1.29, 1.82) is 0 Å². The number of hydrogen-bond donors (Lipinski definition) is 2. The van der Waals surface area contributed by atoms with Crippen LogP contribution in [0.5, 0.6) is 0 Å². The minimum atomic E-state index is 0.170. The molecule has 1 atom stereocenters. The highest BCUT2D eigenvalue weighted by atomic mass is 35.5. The Morgan fingerprint density at radius 3 is 2.95 bits per heavy atom. The Morgan fingerprint density at radius 1 is 1.55 bits per heavy atom. The maximum absolute atomic E-state index is 9.27. The molecule has 1 aliphatic heterocycles. The number of rotatable bonds is 7. The van der Waals surface area contributed by atoms with Crippen molar-refractivity contribution in [3.8, 4) is 0 Å². The predicted molar refractivity (Wildman–Crippen MR) is 81.0 cm³/mol. The van der Waals surface area contributed by atoms with E-state index in [4.69, 9.17) is 11.6 Å². The summed E-state index contributed by atoms with van der Waals surface area (Å²) in [5.74, 6) is 0. The van der Waals surface area contributed by atoms with Crippen LogP contribution in [0.25, 0.3) is 0 Å². The van der Waals surface area contributed by atoms with E-state index in [1.807, 2.05) is 11.6 Å². The topological polar surface area (TPSA) is 53.3 Å². The van der Waals surface area contributed by atoms with Crippen LogP contribution in [0.2, 0.25) is 5.02 Å². The smallest absolute Gasteiger partial charge is 0.0860 e. The fourth-order valence-electron chi connectivity index (χ4n) is 2.83. The van der Waals surface area contributed by atoms with Crippen molar-refractivity contribution in [2.24, 2.45) is 0 Å². The molecule has 1 aliphatic rings. The van der Waals surface area contributed by atoms with E-state index < -0.39 is 0 Å². The van der Waals surface area contributed by atoms with Gasteiger partial charge in [-0.1, -0.05) is 11.6 Å². The van der Waals surface area contributed by atoms with E-state index in [1.165, 1.54) is 12.8 Å². The summed E-state index contributed by atoms with van der Waals surface area (Å²) >= 11 is 6.37. The van der Waals surface area contributed by atoms with Crippen LogP contribution in [0, 0.1) is 6.92 Å². The third-order valence-corrected chi connectivity index (χ3v) is 4.38. The molecule has 0 amide bonds. The van der Waals surface area contributed by atoms with Gasteiger partial charge in [-0.05, 0) is 33.2 Å². The number of aromatic nitrogens is 2. The zero-order chi connectivity index (χ0) is 14.5. The molecular formula is C14H25ClN4O. The summed E-state index contributed by atoms with van der Waals surface area (Å²) in [7, 11) is 0. The van der Waals surface area contributed by atoms with Gasteiger partial charge >= 0.3 is 0 Å². The van der Waals surface area contributed by atoms with Crippen molar-refractivity contribution in [2.45, 2.75) is 45.8 Å². The van der Waals surface area contributed by atoms with Crippen LogP contribution in [0.1, 0.15) is 31.2 Å². The van der Waals surface area contributed by atoms with E-state index in [9.17, 15) is 5.11 Å². The van der Waals surface area contributed by atoms with Crippen molar-refractivity contribution in [3.63, 3.8) is 0 Å². The number of aryl methyl sites for hydroxylation is 2. The lowest BCUT2D eigenvalue weighted by Crippen LogP contribution is -2.39. The molecular weight excluding hydrogens is 276 g/mol. The molecule has 0 saturated carbocycles. The second kappa shape index (κ2) is 7.41. The Morgan fingerprint density at radius 2 is 2.35 bits per heavy atom. The molecule has 20 heavy (non-hydrogen) atoms. The Balaban J connectivity index is 2.06. The Hall–Kier alpha value is -0.620. The first kappa shape index (κ1) is 15.8. The van der Waals surface area contributed by atoms with E-state index in [0.29, 0.717) is 12.6 Å². The van der Waals surface area contributed by atoms with Gasteiger partial charge in [0.15, 0.2) is 0 Å². The van der Waals surface area contributed by atoms with Crippen LogP contribution in [-0.4, -0.2) is 52.1 Å². The van der Waals surface area contributed by atoms with Gasteiger partial charge in [-0.25, -0.2) is 0 Å². The van der Waals surface area contributed by atoms with Gasteiger partial charge in [0.1, 0.15) is 0 Å². The Labute approximate surface area is 125 Å². The minimum absolute atomic E-state index is 0.170. The van der Waals surface area contributed by atoms with Crippen LogP contribution in [0.15, 0.2) is 0 Å². The molecule has 0 spiro atoms. The average Bonchev–Trinajstić information content (AvgIpc) is 3.02. The standard InChI is InChI=1S/C14H25ClN4O/c1-3-19-13(14(15)11(2)17-19)10-18(7-8-20)9-12-5-4-6-16-12/h12,16,20H,3-10H2,1-2H3. The molecule has 1 unspecified atom stereocenters. The summed E-state index contributed by atoms with van der Waals surface area (Å²) in [6, 6.07) is 0.527. The van der Waals surface area contributed by atoms with Crippen LogP contribution in [0.4, 0.5) is 0 Å². The van der Waals surface area contributed by atoms with Crippen molar-refractivity contribution in [1.82, 2.24) is 20.0 Å². The van der Waals surface area contributed by atoms with Gasteiger partial charge in [0, 0.05) is 32.2 Å². The maximum atomic E-state index is 9.27.